The molecule has 5 heteroatoms. The van der Waals surface area contributed by atoms with Crippen LogP contribution in [0.3, 0.4) is 0 Å². The highest BCUT2D eigenvalue weighted by molar-refractivity contribution is 4.73. The Morgan fingerprint density at radius 1 is 0.864 bits per heavy atom. The zero-order chi connectivity index (χ0) is 16.8. The highest BCUT2D eigenvalue weighted by atomic mass is 16.5. The van der Waals surface area contributed by atoms with E-state index in [2.05, 4.69) is 27.7 Å². The van der Waals surface area contributed by atoms with Crippen LogP contribution < -0.4 is 5.73 Å². The van der Waals surface area contributed by atoms with Gasteiger partial charge in [-0.05, 0) is 32.7 Å². The van der Waals surface area contributed by atoms with E-state index in [9.17, 15) is 0 Å². The molecule has 5 nitrogen and oxygen atoms in total. The van der Waals surface area contributed by atoms with Crippen molar-refractivity contribution in [2.24, 2.45) is 17.6 Å². The lowest BCUT2D eigenvalue weighted by atomic mass is 9.96. The van der Waals surface area contributed by atoms with Crippen molar-refractivity contribution in [3.8, 4) is 0 Å². The first-order valence-corrected chi connectivity index (χ1v) is 8.61. The molecule has 0 amide bonds. The highest BCUT2D eigenvalue weighted by Gasteiger charge is 2.23. The van der Waals surface area contributed by atoms with Gasteiger partial charge in [0.05, 0.1) is 38.6 Å². The van der Waals surface area contributed by atoms with E-state index in [1.807, 2.05) is 6.92 Å². The molecule has 0 rings (SSSR count). The second-order valence-corrected chi connectivity index (χ2v) is 6.09. The molecule has 0 heterocycles. The Hall–Kier alpha value is -0.200. The van der Waals surface area contributed by atoms with Gasteiger partial charge in [0.1, 0.15) is 0 Å². The van der Waals surface area contributed by atoms with Crippen LogP contribution in [-0.2, 0) is 18.9 Å². The van der Waals surface area contributed by atoms with Crippen molar-refractivity contribution in [2.75, 3.05) is 46.2 Å². The number of hydrogen-bond acceptors (Lipinski definition) is 5. The lowest BCUT2D eigenvalue weighted by Gasteiger charge is -2.29. The monoisotopic (exact) mass is 319 g/mol. The van der Waals surface area contributed by atoms with Crippen molar-refractivity contribution in [3.05, 3.63) is 0 Å². The molecule has 0 saturated heterocycles. The van der Waals surface area contributed by atoms with E-state index in [1.165, 1.54) is 0 Å². The van der Waals surface area contributed by atoms with Gasteiger partial charge in [-0.3, -0.25) is 0 Å². The Kier molecular flexibility index (Phi) is 14.3. The van der Waals surface area contributed by atoms with E-state index in [0.717, 1.165) is 19.6 Å². The van der Waals surface area contributed by atoms with Crippen LogP contribution in [0.2, 0.25) is 0 Å². The van der Waals surface area contributed by atoms with Gasteiger partial charge in [0.15, 0.2) is 0 Å². The third-order valence-electron chi connectivity index (χ3n) is 3.61. The Morgan fingerprint density at radius 2 is 1.50 bits per heavy atom. The van der Waals surface area contributed by atoms with E-state index in [-0.39, 0.29) is 12.2 Å². The summed E-state index contributed by atoms with van der Waals surface area (Å²) in [5, 5.41) is 0. The van der Waals surface area contributed by atoms with Crippen molar-refractivity contribution in [1.82, 2.24) is 0 Å². The fourth-order valence-corrected chi connectivity index (χ4v) is 2.08. The number of nitrogens with two attached hydrogens (primary N) is 1. The zero-order valence-electron chi connectivity index (χ0n) is 15.2. The molecule has 0 saturated carbocycles. The molecule has 0 aromatic carbocycles. The number of ether oxygens (including phenoxy) is 4. The average Bonchev–Trinajstić information content (AvgIpc) is 2.49. The molecule has 0 radical (unpaired) electrons. The molecule has 0 bridgehead atoms. The van der Waals surface area contributed by atoms with E-state index in [0.29, 0.717) is 44.8 Å². The highest BCUT2D eigenvalue weighted by Crippen LogP contribution is 2.18. The van der Waals surface area contributed by atoms with Gasteiger partial charge in [0.25, 0.3) is 0 Å². The standard InChI is InChI=1S/C17H37NO4/c1-6-19-9-10-20-11-12-21-17(7-8-18)15(4)16(5)22-13-14(2)3/h14-17H,6-13,18H2,1-5H3. The van der Waals surface area contributed by atoms with Crippen LogP contribution in [0.5, 0.6) is 0 Å². The van der Waals surface area contributed by atoms with Crippen LogP contribution in [0.15, 0.2) is 0 Å². The van der Waals surface area contributed by atoms with Gasteiger partial charge in [0, 0.05) is 19.1 Å². The topological polar surface area (TPSA) is 62.9 Å². The summed E-state index contributed by atoms with van der Waals surface area (Å²) in [5.74, 6) is 0.855. The maximum absolute atomic E-state index is 5.95. The predicted molar refractivity (Wildman–Crippen MR) is 90.1 cm³/mol. The minimum absolute atomic E-state index is 0.114. The summed E-state index contributed by atoms with van der Waals surface area (Å²) in [5.41, 5.74) is 5.71. The predicted octanol–water partition coefficient (Wildman–Crippen LogP) is 2.47. The summed E-state index contributed by atoms with van der Waals surface area (Å²) in [6, 6.07) is 0. The summed E-state index contributed by atoms with van der Waals surface area (Å²) in [6.45, 7) is 15.1. The summed E-state index contributed by atoms with van der Waals surface area (Å²) in [4.78, 5) is 0. The van der Waals surface area contributed by atoms with Gasteiger partial charge < -0.3 is 24.7 Å². The molecular weight excluding hydrogens is 282 g/mol. The van der Waals surface area contributed by atoms with Crippen molar-refractivity contribution < 1.29 is 18.9 Å². The third-order valence-corrected chi connectivity index (χ3v) is 3.61. The van der Waals surface area contributed by atoms with Gasteiger partial charge in [-0.2, -0.15) is 0 Å². The molecule has 22 heavy (non-hydrogen) atoms. The molecule has 0 aliphatic carbocycles. The molecule has 0 aliphatic heterocycles. The second-order valence-electron chi connectivity index (χ2n) is 6.09. The SMILES string of the molecule is CCOCCOCCOC(CCN)C(C)C(C)OCC(C)C. The lowest BCUT2D eigenvalue weighted by molar-refractivity contribution is -0.0729. The minimum atomic E-state index is 0.114. The normalized spacial score (nSPS) is 16.0. The number of rotatable bonds is 15. The van der Waals surface area contributed by atoms with Crippen LogP contribution in [0, 0.1) is 11.8 Å². The molecule has 2 N–H and O–H groups in total. The van der Waals surface area contributed by atoms with Crippen molar-refractivity contribution in [3.63, 3.8) is 0 Å². The smallest absolute Gasteiger partial charge is 0.0704 e. The third kappa shape index (κ3) is 11.4. The Morgan fingerprint density at radius 3 is 2.09 bits per heavy atom. The summed E-state index contributed by atoms with van der Waals surface area (Å²) < 4.78 is 22.5. The van der Waals surface area contributed by atoms with Gasteiger partial charge in [-0.15, -0.1) is 0 Å². The molecule has 134 valence electrons. The second kappa shape index (κ2) is 14.4. The molecule has 3 atom stereocenters. The maximum atomic E-state index is 5.95. The van der Waals surface area contributed by atoms with Crippen LogP contribution in [0.4, 0.5) is 0 Å². The molecule has 0 fully saturated rings. The summed E-state index contributed by atoms with van der Waals surface area (Å²) in [7, 11) is 0. The van der Waals surface area contributed by atoms with E-state index >= 15 is 0 Å². The Balaban J connectivity index is 3.96. The quantitative estimate of drug-likeness (QED) is 0.470. The molecule has 0 aromatic heterocycles. The number of hydrogen-bond donors (Lipinski definition) is 1. The molecular formula is C17H37NO4. The first-order valence-electron chi connectivity index (χ1n) is 8.61. The summed E-state index contributed by atoms with van der Waals surface area (Å²) >= 11 is 0. The first kappa shape index (κ1) is 21.8. The van der Waals surface area contributed by atoms with Crippen molar-refractivity contribution in [2.45, 2.75) is 53.2 Å². The Labute approximate surface area is 136 Å². The van der Waals surface area contributed by atoms with E-state index in [1.54, 1.807) is 0 Å². The van der Waals surface area contributed by atoms with Gasteiger partial charge >= 0.3 is 0 Å². The van der Waals surface area contributed by atoms with Gasteiger partial charge in [-0.1, -0.05) is 20.8 Å². The van der Waals surface area contributed by atoms with E-state index in [4.69, 9.17) is 24.7 Å². The van der Waals surface area contributed by atoms with Gasteiger partial charge in [0.2, 0.25) is 0 Å². The van der Waals surface area contributed by atoms with Crippen LogP contribution in [0.25, 0.3) is 0 Å². The minimum Gasteiger partial charge on any atom is -0.379 e. The van der Waals surface area contributed by atoms with Gasteiger partial charge in [-0.25, -0.2) is 0 Å². The van der Waals surface area contributed by atoms with Crippen LogP contribution >= 0.6 is 0 Å². The van der Waals surface area contributed by atoms with Crippen molar-refractivity contribution in [1.29, 1.82) is 0 Å². The largest absolute Gasteiger partial charge is 0.379 e. The molecule has 0 aromatic rings. The fourth-order valence-electron chi connectivity index (χ4n) is 2.08. The van der Waals surface area contributed by atoms with Crippen LogP contribution in [-0.4, -0.2) is 58.4 Å². The molecule has 3 unspecified atom stereocenters. The zero-order valence-corrected chi connectivity index (χ0v) is 15.2. The fraction of sp³-hybridized carbons (Fsp3) is 1.00. The maximum Gasteiger partial charge on any atom is 0.0704 e. The van der Waals surface area contributed by atoms with E-state index < -0.39 is 0 Å². The Bertz CT molecular complexity index is 239. The molecule has 0 aliphatic rings. The average molecular weight is 319 g/mol. The summed E-state index contributed by atoms with van der Waals surface area (Å²) in [6.07, 6.45) is 1.12. The lowest BCUT2D eigenvalue weighted by Crippen LogP contribution is -2.34. The molecule has 0 spiro atoms. The van der Waals surface area contributed by atoms with Crippen LogP contribution in [0.1, 0.15) is 41.0 Å². The van der Waals surface area contributed by atoms with Crippen molar-refractivity contribution >= 4 is 0 Å². The first-order chi connectivity index (χ1) is 10.5.